The molecule has 0 aliphatic rings. The zero-order valence-corrected chi connectivity index (χ0v) is 14.2. The van der Waals surface area contributed by atoms with Gasteiger partial charge in [-0.1, -0.05) is 0 Å². The average Bonchev–Trinajstić information content (AvgIpc) is 2.79. The predicted octanol–water partition coefficient (Wildman–Crippen LogP) is 3.79. The molecule has 124 valence electrons. The number of aliphatic carboxylic acids is 1. The molecule has 2 heterocycles. The van der Waals surface area contributed by atoms with Crippen molar-refractivity contribution in [1.29, 1.82) is 0 Å². The fraction of sp³-hybridized carbons (Fsp3) is 0.263. The zero-order chi connectivity index (χ0) is 17.5. The van der Waals surface area contributed by atoms with E-state index in [2.05, 4.69) is 16.5 Å². The minimum absolute atomic E-state index is 0.546. The van der Waals surface area contributed by atoms with Crippen molar-refractivity contribution in [2.75, 3.05) is 0 Å². The highest BCUT2D eigenvalue weighted by atomic mass is 16.5. The van der Waals surface area contributed by atoms with Crippen molar-refractivity contribution in [1.82, 2.24) is 9.55 Å². The number of pyridine rings is 1. The highest BCUT2D eigenvalue weighted by Crippen LogP contribution is 2.34. The Morgan fingerprint density at radius 3 is 2.50 bits per heavy atom. The maximum Gasteiger partial charge on any atom is 0.347 e. The van der Waals surface area contributed by atoms with Gasteiger partial charge in [0.15, 0.2) is 5.60 Å². The number of rotatable bonds is 4. The molecular weight excluding hydrogens is 304 g/mol. The van der Waals surface area contributed by atoms with Crippen LogP contribution >= 0.6 is 0 Å². The quantitative estimate of drug-likeness (QED) is 0.793. The molecule has 0 amide bonds. The first kappa shape index (κ1) is 16.1. The molecule has 1 aromatic carbocycles. The molecule has 0 bridgehead atoms. The maximum absolute atomic E-state index is 11.3. The molecule has 2 aromatic heterocycles. The Labute approximate surface area is 140 Å². The molecule has 0 aliphatic heterocycles. The summed E-state index contributed by atoms with van der Waals surface area (Å²) in [5, 5.41) is 10.3. The van der Waals surface area contributed by atoms with Crippen molar-refractivity contribution >= 4 is 16.9 Å². The lowest BCUT2D eigenvalue weighted by molar-refractivity contribution is -0.152. The zero-order valence-electron chi connectivity index (χ0n) is 14.2. The molecule has 0 atom stereocenters. The highest BCUT2D eigenvalue weighted by molar-refractivity contribution is 5.92. The van der Waals surface area contributed by atoms with Crippen molar-refractivity contribution < 1.29 is 14.6 Å². The van der Waals surface area contributed by atoms with Crippen molar-refractivity contribution in [3.8, 4) is 17.0 Å². The van der Waals surface area contributed by atoms with Gasteiger partial charge in [-0.3, -0.25) is 4.98 Å². The number of nitrogens with zero attached hydrogens (tertiary/aromatic N) is 2. The van der Waals surface area contributed by atoms with Gasteiger partial charge in [0, 0.05) is 35.9 Å². The van der Waals surface area contributed by atoms with Gasteiger partial charge in [-0.05, 0) is 56.7 Å². The van der Waals surface area contributed by atoms with E-state index in [9.17, 15) is 9.90 Å². The van der Waals surface area contributed by atoms with Crippen molar-refractivity contribution in [2.45, 2.75) is 26.4 Å². The van der Waals surface area contributed by atoms with Gasteiger partial charge in [0.1, 0.15) is 5.75 Å². The number of hydrogen-bond donors (Lipinski definition) is 1. The Kier molecular flexibility index (Phi) is 3.79. The van der Waals surface area contributed by atoms with Crippen LogP contribution < -0.4 is 4.74 Å². The lowest BCUT2D eigenvalue weighted by Crippen LogP contribution is -2.37. The molecule has 0 fully saturated rings. The summed E-state index contributed by atoms with van der Waals surface area (Å²) in [6.45, 7) is 5.14. The molecule has 0 aliphatic carbocycles. The number of fused-ring (bicyclic) bond motifs is 1. The number of aromatic nitrogens is 2. The molecule has 0 saturated carbocycles. The summed E-state index contributed by atoms with van der Waals surface area (Å²) in [6, 6.07) is 9.63. The summed E-state index contributed by atoms with van der Waals surface area (Å²) < 4.78 is 7.79. The highest BCUT2D eigenvalue weighted by Gasteiger charge is 2.29. The smallest absolute Gasteiger partial charge is 0.347 e. The van der Waals surface area contributed by atoms with Crippen LogP contribution in [-0.4, -0.2) is 26.2 Å². The normalized spacial score (nSPS) is 11.7. The van der Waals surface area contributed by atoms with E-state index >= 15 is 0 Å². The summed E-state index contributed by atoms with van der Waals surface area (Å²) in [5.41, 5.74) is 3.12. The molecule has 0 radical (unpaired) electrons. The van der Waals surface area contributed by atoms with Gasteiger partial charge >= 0.3 is 5.97 Å². The topological polar surface area (TPSA) is 64.4 Å². The van der Waals surface area contributed by atoms with Gasteiger partial charge in [-0.15, -0.1) is 0 Å². The maximum atomic E-state index is 11.3. The van der Waals surface area contributed by atoms with Crippen LogP contribution in [0.25, 0.3) is 22.2 Å². The first-order valence-corrected chi connectivity index (χ1v) is 7.73. The Morgan fingerprint density at radius 2 is 1.88 bits per heavy atom. The van der Waals surface area contributed by atoms with Crippen LogP contribution in [-0.2, 0) is 11.8 Å². The van der Waals surface area contributed by atoms with Crippen molar-refractivity contribution in [2.24, 2.45) is 7.05 Å². The van der Waals surface area contributed by atoms with Crippen LogP contribution in [0, 0.1) is 6.92 Å². The van der Waals surface area contributed by atoms with E-state index in [1.165, 1.54) is 0 Å². The SMILES string of the molecule is Cc1c(-c2ccncc2)n(C)c2ccc(OC(C)(C)C(=O)O)cc12. The number of aryl methyl sites for hydroxylation is 2. The standard InChI is InChI=1S/C19H20N2O3/c1-12-15-11-14(24-19(2,3)18(22)23)5-6-16(15)21(4)17(12)13-7-9-20-10-8-13/h5-11H,1-4H3,(H,22,23). The van der Waals surface area contributed by atoms with Gasteiger partial charge in [-0.25, -0.2) is 4.79 Å². The van der Waals surface area contributed by atoms with Crippen LogP contribution in [0.3, 0.4) is 0 Å². The fourth-order valence-corrected chi connectivity index (χ4v) is 2.93. The number of carboxylic acids is 1. The monoisotopic (exact) mass is 324 g/mol. The first-order chi connectivity index (χ1) is 11.3. The number of benzene rings is 1. The number of ether oxygens (including phenoxy) is 1. The lowest BCUT2D eigenvalue weighted by Gasteiger charge is -2.21. The van der Waals surface area contributed by atoms with E-state index in [1.54, 1.807) is 26.2 Å². The van der Waals surface area contributed by atoms with Gasteiger partial charge in [0.05, 0.1) is 5.69 Å². The average molecular weight is 324 g/mol. The second kappa shape index (κ2) is 5.67. The second-order valence-corrected chi connectivity index (χ2v) is 6.36. The summed E-state index contributed by atoms with van der Waals surface area (Å²) in [6.07, 6.45) is 3.55. The molecule has 3 aromatic rings. The summed E-state index contributed by atoms with van der Waals surface area (Å²) in [4.78, 5) is 15.3. The van der Waals surface area contributed by atoms with Crippen molar-refractivity contribution in [3.05, 3.63) is 48.3 Å². The van der Waals surface area contributed by atoms with Crippen LogP contribution in [0.2, 0.25) is 0 Å². The third kappa shape index (κ3) is 2.62. The molecule has 1 N–H and O–H groups in total. The molecular formula is C19H20N2O3. The van der Waals surface area contributed by atoms with E-state index in [4.69, 9.17) is 4.74 Å². The van der Waals surface area contributed by atoms with Gasteiger partial charge in [0.25, 0.3) is 0 Å². The molecule has 3 rings (SSSR count). The Balaban J connectivity index is 2.12. The third-order valence-corrected chi connectivity index (χ3v) is 4.27. The largest absolute Gasteiger partial charge is 0.478 e. The summed E-state index contributed by atoms with van der Waals surface area (Å²) in [5.74, 6) is -0.449. The van der Waals surface area contributed by atoms with Crippen LogP contribution in [0.4, 0.5) is 0 Å². The summed E-state index contributed by atoms with van der Waals surface area (Å²) >= 11 is 0. The second-order valence-electron chi connectivity index (χ2n) is 6.36. The Hall–Kier alpha value is -2.82. The van der Waals surface area contributed by atoms with Crippen molar-refractivity contribution in [3.63, 3.8) is 0 Å². The van der Waals surface area contributed by atoms with Gasteiger partial charge in [0.2, 0.25) is 0 Å². The van der Waals surface area contributed by atoms with Crippen LogP contribution in [0.5, 0.6) is 5.75 Å². The molecule has 0 unspecified atom stereocenters. The number of carbonyl (C=O) groups is 1. The minimum Gasteiger partial charge on any atom is -0.478 e. The molecule has 0 saturated heterocycles. The molecule has 24 heavy (non-hydrogen) atoms. The van der Waals surface area contributed by atoms with Crippen LogP contribution in [0.15, 0.2) is 42.7 Å². The Morgan fingerprint density at radius 1 is 1.21 bits per heavy atom. The molecule has 0 spiro atoms. The minimum atomic E-state index is -1.27. The Bertz CT molecular complexity index is 911. The molecule has 5 heteroatoms. The number of hydrogen-bond acceptors (Lipinski definition) is 3. The van der Waals surface area contributed by atoms with E-state index < -0.39 is 11.6 Å². The van der Waals surface area contributed by atoms with E-state index in [-0.39, 0.29) is 0 Å². The van der Waals surface area contributed by atoms with E-state index in [0.717, 1.165) is 27.7 Å². The molecule has 5 nitrogen and oxygen atoms in total. The number of carboxylic acid groups (broad SMARTS) is 1. The van der Waals surface area contributed by atoms with E-state index in [1.807, 2.05) is 37.4 Å². The van der Waals surface area contributed by atoms with Crippen LogP contribution in [0.1, 0.15) is 19.4 Å². The summed E-state index contributed by atoms with van der Waals surface area (Å²) in [7, 11) is 2.02. The predicted molar refractivity (Wildman–Crippen MR) is 93.2 cm³/mol. The van der Waals surface area contributed by atoms with Gasteiger partial charge in [-0.2, -0.15) is 0 Å². The fourth-order valence-electron chi connectivity index (χ4n) is 2.93. The lowest BCUT2D eigenvalue weighted by atomic mass is 10.1. The van der Waals surface area contributed by atoms with E-state index in [0.29, 0.717) is 5.75 Å². The van der Waals surface area contributed by atoms with Gasteiger partial charge < -0.3 is 14.4 Å². The first-order valence-electron chi connectivity index (χ1n) is 7.73. The third-order valence-electron chi connectivity index (χ3n) is 4.27.